The van der Waals surface area contributed by atoms with Crippen molar-refractivity contribution < 1.29 is 19.1 Å². The molecule has 0 aliphatic heterocycles. The van der Waals surface area contributed by atoms with Gasteiger partial charge in [0.15, 0.2) is 0 Å². The Kier molecular flexibility index (Phi) is 4.99. The molecule has 1 amide bonds. The van der Waals surface area contributed by atoms with E-state index in [-0.39, 0.29) is 11.5 Å². The molecule has 2 heterocycles. The van der Waals surface area contributed by atoms with Gasteiger partial charge in [-0.1, -0.05) is 11.8 Å². The molecule has 2 aromatic heterocycles. The maximum Gasteiger partial charge on any atom is 0.338 e. The number of rotatable bonds is 6. The Bertz CT molecular complexity index is 628. The van der Waals surface area contributed by atoms with Gasteiger partial charge in [0.05, 0.1) is 23.6 Å². The standard InChI is InChI=1S/C14H14N2O4S/c1-9(12(17)16-8-10-4-3-7-20-10)21-13-11(14(18)19)5-2-6-15-13/h2-7,9H,8H2,1H3,(H,16,17)(H,18,19)/t9-/m1/s1. The Morgan fingerprint density at radius 2 is 2.24 bits per heavy atom. The molecule has 7 heteroatoms. The van der Waals surface area contributed by atoms with Crippen LogP contribution in [0.4, 0.5) is 0 Å². The summed E-state index contributed by atoms with van der Waals surface area (Å²) in [7, 11) is 0. The van der Waals surface area contributed by atoms with Gasteiger partial charge >= 0.3 is 5.97 Å². The highest BCUT2D eigenvalue weighted by Crippen LogP contribution is 2.24. The van der Waals surface area contributed by atoms with Gasteiger partial charge in [0.2, 0.25) is 5.91 Å². The van der Waals surface area contributed by atoms with E-state index in [1.54, 1.807) is 25.1 Å². The molecule has 0 saturated heterocycles. The monoisotopic (exact) mass is 306 g/mol. The zero-order valence-electron chi connectivity index (χ0n) is 11.3. The van der Waals surface area contributed by atoms with Gasteiger partial charge < -0.3 is 14.8 Å². The third-order valence-corrected chi connectivity index (χ3v) is 3.79. The number of hydrogen-bond acceptors (Lipinski definition) is 5. The van der Waals surface area contributed by atoms with E-state index in [2.05, 4.69) is 10.3 Å². The largest absolute Gasteiger partial charge is 0.478 e. The minimum atomic E-state index is -1.06. The lowest BCUT2D eigenvalue weighted by Gasteiger charge is -2.11. The number of pyridine rings is 1. The van der Waals surface area contributed by atoms with Gasteiger partial charge in [-0.2, -0.15) is 0 Å². The van der Waals surface area contributed by atoms with Gasteiger partial charge in [0.1, 0.15) is 10.8 Å². The normalized spacial score (nSPS) is 11.9. The van der Waals surface area contributed by atoms with Crippen molar-refractivity contribution >= 4 is 23.6 Å². The molecule has 0 saturated carbocycles. The van der Waals surface area contributed by atoms with E-state index in [1.165, 1.54) is 18.5 Å². The average molecular weight is 306 g/mol. The van der Waals surface area contributed by atoms with Crippen molar-refractivity contribution in [1.82, 2.24) is 10.3 Å². The first-order chi connectivity index (χ1) is 10.1. The molecule has 110 valence electrons. The van der Waals surface area contributed by atoms with E-state index in [0.717, 1.165) is 11.8 Å². The van der Waals surface area contributed by atoms with Crippen LogP contribution in [0.25, 0.3) is 0 Å². The van der Waals surface area contributed by atoms with Crippen LogP contribution < -0.4 is 5.32 Å². The topological polar surface area (TPSA) is 92.4 Å². The lowest BCUT2D eigenvalue weighted by molar-refractivity contribution is -0.120. The number of hydrogen-bond donors (Lipinski definition) is 2. The Hall–Kier alpha value is -2.28. The average Bonchev–Trinajstić information content (AvgIpc) is 2.98. The zero-order chi connectivity index (χ0) is 15.2. The summed E-state index contributed by atoms with van der Waals surface area (Å²) in [5.41, 5.74) is 0.0909. The van der Waals surface area contributed by atoms with Crippen molar-refractivity contribution in [3.05, 3.63) is 48.0 Å². The van der Waals surface area contributed by atoms with Gasteiger partial charge in [-0.25, -0.2) is 9.78 Å². The Morgan fingerprint density at radius 3 is 2.90 bits per heavy atom. The molecule has 2 N–H and O–H groups in total. The van der Waals surface area contributed by atoms with E-state index in [1.807, 2.05) is 0 Å². The Balaban J connectivity index is 1.96. The summed E-state index contributed by atoms with van der Waals surface area (Å²) in [6.45, 7) is 1.99. The van der Waals surface area contributed by atoms with Crippen LogP contribution in [0.2, 0.25) is 0 Å². The van der Waals surface area contributed by atoms with Gasteiger partial charge in [0, 0.05) is 6.20 Å². The zero-order valence-corrected chi connectivity index (χ0v) is 12.1. The number of nitrogens with zero attached hydrogens (tertiary/aromatic N) is 1. The van der Waals surface area contributed by atoms with E-state index in [0.29, 0.717) is 17.3 Å². The van der Waals surface area contributed by atoms with Gasteiger partial charge in [-0.3, -0.25) is 4.79 Å². The molecule has 0 spiro atoms. The number of furan rings is 1. The summed E-state index contributed by atoms with van der Waals surface area (Å²) in [4.78, 5) is 27.1. The molecule has 0 aliphatic carbocycles. The third kappa shape index (κ3) is 4.09. The van der Waals surface area contributed by atoms with Crippen LogP contribution in [0, 0.1) is 0 Å². The van der Waals surface area contributed by atoms with Crippen molar-refractivity contribution in [3.63, 3.8) is 0 Å². The maximum absolute atomic E-state index is 12.0. The van der Waals surface area contributed by atoms with Crippen LogP contribution in [-0.4, -0.2) is 27.2 Å². The van der Waals surface area contributed by atoms with E-state index in [9.17, 15) is 9.59 Å². The molecule has 6 nitrogen and oxygen atoms in total. The summed E-state index contributed by atoms with van der Waals surface area (Å²) < 4.78 is 5.12. The van der Waals surface area contributed by atoms with Crippen LogP contribution in [0.1, 0.15) is 23.0 Å². The van der Waals surface area contributed by atoms with Crippen molar-refractivity contribution in [2.75, 3.05) is 0 Å². The third-order valence-electron chi connectivity index (χ3n) is 2.68. The highest BCUT2D eigenvalue weighted by atomic mass is 32.2. The summed E-state index contributed by atoms with van der Waals surface area (Å²) >= 11 is 1.11. The van der Waals surface area contributed by atoms with Crippen molar-refractivity contribution in [1.29, 1.82) is 0 Å². The van der Waals surface area contributed by atoms with Crippen LogP contribution in [0.5, 0.6) is 0 Å². The number of amides is 1. The van der Waals surface area contributed by atoms with Gasteiger partial charge in [-0.15, -0.1) is 0 Å². The van der Waals surface area contributed by atoms with Gasteiger partial charge in [0.25, 0.3) is 0 Å². The number of nitrogens with one attached hydrogen (secondary N) is 1. The number of carbonyl (C=O) groups is 2. The minimum Gasteiger partial charge on any atom is -0.478 e. The molecule has 0 fully saturated rings. The fourth-order valence-corrected chi connectivity index (χ4v) is 2.53. The minimum absolute atomic E-state index is 0.0909. The Labute approximate surface area is 125 Å². The second-order valence-electron chi connectivity index (χ2n) is 4.22. The molecule has 2 aromatic rings. The molecular weight excluding hydrogens is 292 g/mol. The smallest absolute Gasteiger partial charge is 0.338 e. The fraction of sp³-hybridized carbons (Fsp3) is 0.214. The highest BCUT2D eigenvalue weighted by Gasteiger charge is 2.19. The number of carboxylic acid groups (broad SMARTS) is 1. The van der Waals surface area contributed by atoms with Crippen LogP contribution in [-0.2, 0) is 11.3 Å². The summed E-state index contributed by atoms with van der Waals surface area (Å²) in [6, 6.07) is 6.52. The SMILES string of the molecule is C[C@@H](Sc1ncccc1C(=O)O)C(=O)NCc1ccco1. The summed E-state index contributed by atoms with van der Waals surface area (Å²) in [6.07, 6.45) is 3.04. The van der Waals surface area contributed by atoms with Crippen molar-refractivity contribution in [2.24, 2.45) is 0 Å². The quantitative estimate of drug-likeness (QED) is 0.795. The first kappa shape index (κ1) is 15.1. The molecule has 21 heavy (non-hydrogen) atoms. The molecule has 0 unspecified atom stereocenters. The molecular formula is C14H14N2O4S. The molecule has 2 rings (SSSR count). The molecule has 0 radical (unpaired) electrons. The first-order valence-electron chi connectivity index (χ1n) is 6.23. The fourth-order valence-electron chi connectivity index (χ4n) is 1.60. The van der Waals surface area contributed by atoms with Crippen molar-refractivity contribution in [3.8, 4) is 0 Å². The number of aromatic nitrogens is 1. The number of carbonyl (C=O) groups excluding carboxylic acids is 1. The van der Waals surface area contributed by atoms with Crippen molar-refractivity contribution in [2.45, 2.75) is 23.7 Å². The first-order valence-corrected chi connectivity index (χ1v) is 7.11. The molecule has 0 aromatic carbocycles. The highest BCUT2D eigenvalue weighted by molar-refractivity contribution is 8.00. The van der Waals surface area contributed by atoms with Gasteiger partial charge in [-0.05, 0) is 31.2 Å². The number of carboxylic acids is 1. The predicted molar refractivity (Wildman–Crippen MR) is 77.1 cm³/mol. The second-order valence-corrected chi connectivity index (χ2v) is 5.55. The van der Waals surface area contributed by atoms with Crippen LogP contribution in [0.3, 0.4) is 0 Å². The summed E-state index contributed by atoms with van der Waals surface area (Å²) in [5.74, 6) is -0.614. The lowest BCUT2D eigenvalue weighted by Crippen LogP contribution is -2.30. The lowest BCUT2D eigenvalue weighted by atomic mass is 10.3. The number of thioether (sulfide) groups is 1. The number of aromatic carboxylic acids is 1. The van der Waals surface area contributed by atoms with Crippen LogP contribution in [0.15, 0.2) is 46.2 Å². The van der Waals surface area contributed by atoms with Crippen LogP contribution >= 0.6 is 11.8 Å². The Morgan fingerprint density at radius 1 is 1.43 bits per heavy atom. The predicted octanol–water partition coefficient (Wildman–Crippen LogP) is 2.17. The second kappa shape index (κ2) is 6.94. The van der Waals surface area contributed by atoms with E-state index in [4.69, 9.17) is 9.52 Å². The molecule has 0 bridgehead atoms. The van der Waals surface area contributed by atoms with E-state index >= 15 is 0 Å². The molecule has 0 aliphatic rings. The summed E-state index contributed by atoms with van der Waals surface area (Å²) in [5, 5.41) is 11.7. The molecule has 1 atom stereocenters. The van der Waals surface area contributed by atoms with E-state index < -0.39 is 11.2 Å². The maximum atomic E-state index is 12.0.